The van der Waals surface area contributed by atoms with E-state index in [1.54, 1.807) is 11.9 Å². The zero-order chi connectivity index (χ0) is 16.6. The molecule has 3 rings (SSSR count). The molecule has 1 aliphatic rings. The highest BCUT2D eigenvalue weighted by Gasteiger charge is 2.31. The Kier molecular flexibility index (Phi) is 4.39. The van der Waals surface area contributed by atoms with Gasteiger partial charge in [0.25, 0.3) is 0 Å². The van der Waals surface area contributed by atoms with Crippen LogP contribution in [-0.4, -0.2) is 55.3 Å². The van der Waals surface area contributed by atoms with Gasteiger partial charge in [-0.1, -0.05) is 17.4 Å². The third-order valence-electron chi connectivity index (χ3n) is 4.02. The lowest BCUT2D eigenvalue weighted by Gasteiger charge is -2.21. The van der Waals surface area contributed by atoms with Crippen LogP contribution in [0.25, 0.3) is 10.2 Å². The number of nitrogens with one attached hydrogen (secondary N) is 1. The fourth-order valence-electron chi connectivity index (χ4n) is 2.72. The number of anilines is 1. The molecule has 0 unspecified atom stereocenters. The first-order chi connectivity index (χ1) is 10.8. The number of hydrogen-bond donors (Lipinski definition) is 1. The van der Waals surface area contributed by atoms with Crippen LogP contribution in [0, 0.1) is 6.92 Å². The SMILES string of the molecule is Cc1ccc2nc(NC(=O)CN(C)[C@@H]3CCS(=O)(=O)C3)sc2c1. The first kappa shape index (κ1) is 16.4. The van der Waals surface area contributed by atoms with Crippen molar-refractivity contribution >= 4 is 42.4 Å². The van der Waals surface area contributed by atoms with Gasteiger partial charge in [0.05, 0.1) is 28.3 Å². The van der Waals surface area contributed by atoms with Gasteiger partial charge in [0, 0.05) is 6.04 Å². The van der Waals surface area contributed by atoms with Gasteiger partial charge in [0.2, 0.25) is 5.91 Å². The second-order valence-electron chi connectivity index (χ2n) is 6.01. The summed E-state index contributed by atoms with van der Waals surface area (Å²) in [5, 5.41) is 3.38. The average molecular weight is 353 g/mol. The van der Waals surface area contributed by atoms with Gasteiger partial charge in [-0.2, -0.15) is 0 Å². The molecule has 8 heteroatoms. The van der Waals surface area contributed by atoms with Crippen LogP contribution in [0.15, 0.2) is 18.2 Å². The second-order valence-corrected chi connectivity index (χ2v) is 9.27. The van der Waals surface area contributed by atoms with Crippen molar-refractivity contribution in [2.24, 2.45) is 0 Å². The van der Waals surface area contributed by atoms with Gasteiger partial charge in [-0.15, -0.1) is 0 Å². The summed E-state index contributed by atoms with van der Waals surface area (Å²) in [6.45, 7) is 2.18. The Morgan fingerprint density at radius 2 is 2.26 bits per heavy atom. The van der Waals surface area contributed by atoms with E-state index in [1.807, 2.05) is 25.1 Å². The Bertz CT molecular complexity index is 845. The first-order valence-corrected chi connectivity index (χ1v) is 10.0. The number of thiazole rings is 1. The maximum absolute atomic E-state index is 12.1. The third kappa shape index (κ3) is 3.88. The molecule has 1 fully saturated rings. The van der Waals surface area contributed by atoms with E-state index in [4.69, 9.17) is 0 Å². The molecule has 1 N–H and O–H groups in total. The molecular weight excluding hydrogens is 334 g/mol. The molecule has 0 bridgehead atoms. The molecule has 1 aromatic carbocycles. The van der Waals surface area contributed by atoms with E-state index < -0.39 is 9.84 Å². The van der Waals surface area contributed by atoms with Gasteiger partial charge in [0.15, 0.2) is 15.0 Å². The smallest absolute Gasteiger partial charge is 0.240 e. The number of likely N-dealkylation sites (N-methyl/N-ethyl adjacent to an activating group) is 1. The molecule has 6 nitrogen and oxygen atoms in total. The van der Waals surface area contributed by atoms with Gasteiger partial charge in [-0.25, -0.2) is 13.4 Å². The zero-order valence-corrected chi connectivity index (χ0v) is 14.7. The fourth-order valence-corrected chi connectivity index (χ4v) is 5.51. The zero-order valence-electron chi connectivity index (χ0n) is 13.1. The number of amides is 1. The molecule has 1 amide bonds. The number of benzene rings is 1. The highest BCUT2D eigenvalue weighted by Crippen LogP contribution is 2.26. The van der Waals surface area contributed by atoms with E-state index in [1.165, 1.54) is 11.3 Å². The van der Waals surface area contributed by atoms with Crippen molar-refractivity contribution in [1.82, 2.24) is 9.88 Å². The number of aromatic nitrogens is 1. The summed E-state index contributed by atoms with van der Waals surface area (Å²) in [6.07, 6.45) is 0.590. The standard InChI is InChI=1S/C15H19N3O3S2/c1-10-3-4-12-13(7-10)22-15(16-12)17-14(19)8-18(2)11-5-6-23(20,21)9-11/h3-4,7,11H,5-6,8-9H2,1-2H3,(H,16,17,19)/t11-/m1/s1. The van der Waals surface area contributed by atoms with Crippen molar-refractivity contribution in [3.05, 3.63) is 23.8 Å². The van der Waals surface area contributed by atoms with Crippen molar-refractivity contribution < 1.29 is 13.2 Å². The normalized spacial score (nSPS) is 20.2. The minimum atomic E-state index is -2.94. The lowest BCUT2D eigenvalue weighted by molar-refractivity contribution is -0.117. The summed E-state index contributed by atoms with van der Waals surface area (Å²) >= 11 is 1.44. The van der Waals surface area contributed by atoms with Crippen molar-refractivity contribution in [3.8, 4) is 0 Å². The van der Waals surface area contributed by atoms with Crippen LogP contribution in [-0.2, 0) is 14.6 Å². The molecule has 0 saturated carbocycles. The van der Waals surface area contributed by atoms with Gasteiger partial charge in [-0.05, 0) is 38.1 Å². The first-order valence-electron chi connectivity index (χ1n) is 7.40. The number of sulfone groups is 1. The van der Waals surface area contributed by atoms with Crippen molar-refractivity contribution in [1.29, 1.82) is 0 Å². The average Bonchev–Trinajstić information content (AvgIpc) is 3.00. The number of fused-ring (bicyclic) bond motifs is 1. The number of hydrogen-bond acceptors (Lipinski definition) is 6. The summed E-state index contributed by atoms with van der Waals surface area (Å²) in [5.74, 6) is 0.172. The number of carbonyl (C=O) groups excluding carboxylic acids is 1. The molecule has 0 radical (unpaired) electrons. The predicted molar refractivity (Wildman–Crippen MR) is 92.7 cm³/mol. The molecule has 0 spiro atoms. The van der Waals surface area contributed by atoms with Crippen molar-refractivity contribution in [3.63, 3.8) is 0 Å². The number of nitrogens with zero attached hydrogens (tertiary/aromatic N) is 2. The highest BCUT2D eigenvalue weighted by atomic mass is 32.2. The van der Waals surface area contributed by atoms with Crippen LogP contribution in [0.2, 0.25) is 0 Å². The van der Waals surface area contributed by atoms with Gasteiger partial charge < -0.3 is 5.32 Å². The maximum Gasteiger partial charge on any atom is 0.240 e. The number of rotatable bonds is 4. The van der Waals surface area contributed by atoms with Gasteiger partial charge >= 0.3 is 0 Å². The Morgan fingerprint density at radius 1 is 1.48 bits per heavy atom. The Hall–Kier alpha value is -1.51. The second kappa shape index (κ2) is 6.18. The molecule has 1 aromatic heterocycles. The van der Waals surface area contributed by atoms with Crippen molar-refractivity contribution in [2.75, 3.05) is 30.4 Å². The Balaban J connectivity index is 1.62. The van der Waals surface area contributed by atoms with Crippen LogP contribution in [0.3, 0.4) is 0 Å². The quantitative estimate of drug-likeness (QED) is 0.904. The predicted octanol–water partition coefficient (Wildman–Crippen LogP) is 1.66. The van der Waals surface area contributed by atoms with E-state index in [9.17, 15) is 13.2 Å². The summed E-state index contributed by atoms with van der Waals surface area (Å²) < 4.78 is 24.1. The van der Waals surface area contributed by atoms with Crippen LogP contribution < -0.4 is 5.32 Å². The highest BCUT2D eigenvalue weighted by molar-refractivity contribution is 7.91. The summed E-state index contributed by atoms with van der Waals surface area (Å²) in [6, 6.07) is 5.88. The Labute approximate surface area is 139 Å². The topological polar surface area (TPSA) is 79.4 Å². The van der Waals surface area contributed by atoms with Crippen LogP contribution in [0.1, 0.15) is 12.0 Å². The fraction of sp³-hybridized carbons (Fsp3) is 0.467. The van der Waals surface area contributed by atoms with E-state index in [-0.39, 0.29) is 30.0 Å². The van der Waals surface area contributed by atoms with Crippen LogP contribution >= 0.6 is 11.3 Å². The number of carbonyl (C=O) groups is 1. The van der Waals surface area contributed by atoms with Gasteiger partial charge in [-0.3, -0.25) is 9.69 Å². The van der Waals surface area contributed by atoms with E-state index in [0.717, 1.165) is 15.8 Å². The largest absolute Gasteiger partial charge is 0.301 e. The molecule has 124 valence electrons. The molecule has 1 saturated heterocycles. The maximum atomic E-state index is 12.1. The monoisotopic (exact) mass is 353 g/mol. The molecule has 0 aliphatic carbocycles. The summed E-state index contributed by atoms with van der Waals surface area (Å²) in [5.41, 5.74) is 2.02. The Morgan fingerprint density at radius 3 is 2.96 bits per heavy atom. The molecule has 2 aromatic rings. The van der Waals surface area contributed by atoms with E-state index in [2.05, 4.69) is 10.3 Å². The van der Waals surface area contributed by atoms with Crippen LogP contribution in [0.4, 0.5) is 5.13 Å². The summed E-state index contributed by atoms with van der Waals surface area (Å²) in [7, 11) is -1.16. The molecule has 1 aliphatic heterocycles. The van der Waals surface area contributed by atoms with E-state index in [0.29, 0.717) is 11.6 Å². The third-order valence-corrected chi connectivity index (χ3v) is 6.70. The van der Waals surface area contributed by atoms with Crippen LogP contribution in [0.5, 0.6) is 0 Å². The van der Waals surface area contributed by atoms with Gasteiger partial charge in [0.1, 0.15) is 0 Å². The summed E-state index contributed by atoms with van der Waals surface area (Å²) in [4.78, 5) is 18.3. The molecule has 1 atom stereocenters. The minimum absolute atomic E-state index is 0.0798. The number of aryl methyl sites for hydroxylation is 1. The lowest BCUT2D eigenvalue weighted by atomic mass is 10.2. The molecular formula is C15H19N3O3S2. The van der Waals surface area contributed by atoms with E-state index >= 15 is 0 Å². The van der Waals surface area contributed by atoms with Crippen molar-refractivity contribution in [2.45, 2.75) is 19.4 Å². The molecule has 2 heterocycles. The minimum Gasteiger partial charge on any atom is -0.301 e. The lowest BCUT2D eigenvalue weighted by Crippen LogP contribution is -2.38. The molecule has 23 heavy (non-hydrogen) atoms.